The Morgan fingerprint density at radius 1 is 0.923 bits per heavy atom. The van der Waals surface area contributed by atoms with Gasteiger partial charge in [0.1, 0.15) is 23.1 Å². The summed E-state index contributed by atoms with van der Waals surface area (Å²) in [6.45, 7) is 1.83. The van der Waals surface area contributed by atoms with E-state index in [1.165, 1.54) is 54.2 Å². The molecular weight excluding hydrogens is 525 g/mol. The smallest absolute Gasteiger partial charge is 0.256 e. The van der Waals surface area contributed by atoms with Gasteiger partial charge in [0.25, 0.3) is 11.5 Å². The quantitative estimate of drug-likeness (QED) is 0.193. The average Bonchev–Trinajstić information content (AvgIpc) is 2.90. The third-order valence-electron chi connectivity index (χ3n) is 5.93. The standard InChI is InChI=1S/C28H19F3N4O2S.CH4/c1-15-6-7-16(27(37)32-18-10-8-17(29)9-11-18)14-20(15)24-19-12-13-23(36)35(26(19)34-28(33-24)38-2)25-21(30)4-3-5-22(25)31;/h3-14H,1-2H3,(H,32,37);1H4. The van der Waals surface area contributed by atoms with Crippen molar-refractivity contribution in [3.8, 4) is 16.9 Å². The van der Waals surface area contributed by atoms with Crippen molar-refractivity contribution in [2.75, 3.05) is 11.6 Å². The predicted octanol–water partition coefficient (Wildman–Crippen LogP) is 6.78. The number of carbonyl (C=O) groups excluding carboxylic acids is 1. The number of aromatic nitrogens is 3. The van der Waals surface area contributed by atoms with Crippen LogP contribution in [0.15, 0.2) is 82.7 Å². The Balaban J connectivity index is 0.00000353. The maximum absolute atomic E-state index is 14.7. The van der Waals surface area contributed by atoms with Gasteiger partial charge in [-0.2, -0.15) is 0 Å². The van der Waals surface area contributed by atoms with Crippen molar-refractivity contribution in [1.82, 2.24) is 14.5 Å². The van der Waals surface area contributed by atoms with Crippen molar-refractivity contribution in [2.24, 2.45) is 0 Å². The lowest BCUT2D eigenvalue weighted by atomic mass is 9.99. The van der Waals surface area contributed by atoms with E-state index in [0.29, 0.717) is 27.9 Å². The number of pyridine rings is 1. The zero-order valence-electron chi connectivity index (χ0n) is 20.1. The largest absolute Gasteiger partial charge is 0.322 e. The Morgan fingerprint density at radius 2 is 1.62 bits per heavy atom. The van der Waals surface area contributed by atoms with Crippen LogP contribution in [0.4, 0.5) is 18.9 Å². The summed E-state index contributed by atoms with van der Waals surface area (Å²) in [5, 5.41) is 3.36. The molecule has 5 rings (SSSR count). The molecule has 0 bridgehead atoms. The Labute approximate surface area is 226 Å². The number of anilines is 1. The number of amides is 1. The molecule has 0 saturated heterocycles. The van der Waals surface area contributed by atoms with Crippen molar-refractivity contribution < 1.29 is 18.0 Å². The summed E-state index contributed by atoms with van der Waals surface area (Å²) in [4.78, 5) is 34.9. The van der Waals surface area contributed by atoms with Crippen LogP contribution in [0.2, 0.25) is 0 Å². The van der Waals surface area contributed by atoms with E-state index < -0.39 is 34.6 Å². The second-order valence-electron chi connectivity index (χ2n) is 8.36. The Hall–Kier alpha value is -4.44. The molecule has 2 heterocycles. The van der Waals surface area contributed by atoms with Crippen LogP contribution in [0, 0.1) is 24.4 Å². The summed E-state index contributed by atoms with van der Waals surface area (Å²) in [7, 11) is 0. The van der Waals surface area contributed by atoms with Crippen LogP contribution in [0.25, 0.3) is 28.0 Å². The molecule has 0 radical (unpaired) electrons. The van der Waals surface area contributed by atoms with E-state index in [9.17, 15) is 22.8 Å². The number of para-hydroxylation sites is 1. The normalized spacial score (nSPS) is 10.8. The van der Waals surface area contributed by atoms with Crippen LogP contribution >= 0.6 is 11.8 Å². The first-order chi connectivity index (χ1) is 18.3. The molecule has 0 aliphatic rings. The fourth-order valence-electron chi connectivity index (χ4n) is 4.07. The Kier molecular flexibility index (Phi) is 7.87. The van der Waals surface area contributed by atoms with Crippen molar-refractivity contribution in [2.45, 2.75) is 19.5 Å². The van der Waals surface area contributed by atoms with Gasteiger partial charge in [0.05, 0.1) is 5.69 Å². The molecule has 2 aromatic heterocycles. The van der Waals surface area contributed by atoms with Crippen LogP contribution < -0.4 is 10.9 Å². The van der Waals surface area contributed by atoms with Gasteiger partial charge >= 0.3 is 0 Å². The molecule has 5 aromatic rings. The summed E-state index contributed by atoms with van der Waals surface area (Å²) >= 11 is 1.19. The minimum atomic E-state index is -0.916. The number of fused-ring (bicyclic) bond motifs is 1. The van der Waals surface area contributed by atoms with Crippen LogP contribution in [0.3, 0.4) is 0 Å². The highest BCUT2D eigenvalue weighted by atomic mass is 32.2. The van der Waals surface area contributed by atoms with Gasteiger partial charge in [0, 0.05) is 28.3 Å². The van der Waals surface area contributed by atoms with Crippen LogP contribution in [0.1, 0.15) is 23.3 Å². The van der Waals surface area contributed by atoms with Crippen molar-refractivity contribution >= 4 is 34.4 Å². The highest BCUT2D eigenvalue weighted by Crippen LogP contribution is 2.32. The van der Waals surface area contributed by atoms with E-state index in [-0.39, 0.29) is 18.2 Å². The second-order valence-corrected chi connectivity index (χ2v) is 9.14. The van der Waals surface area contributed by atoms with Crippen molar-refractivity contribution in [3.63, 3.8) is 0 Å². The van der Waals surface area contributed by atoms with Crippen LogP contribution in [0.5, 0.6) is 0 Å². The van der Waals surface area contributed by atoms with Gasteiger partial charge in [-0.3, -0.25) is 14.2 Å². The second kappa shape index (κ2) is 11.1. The molecule has 0 spiro atoms. The minimum Gasteiger partial charge on any atom is -0.322 e. The lowest BCUT2D eigenvalue weighted by Gasteiger charge is -2.15. The van der Waals surface area contributed by atoms with E-state index in [2.05, 4.69) is 15.3 Å². The lowest BCUT2D eigenvalue weighted by molar-refractivity contribution is 0.102. The molecule has 0 fully saturated rings. The van der Waals surface area contributed by atoms with E-state index in [1.807, 2.05) is 6.92 Å². The number of hydrogen-bond acceptors (Lipinski definition) is 5. The number of thioether (sulfide) groups is 1. The molecule has 0 atom stereocenters. The number of nitrogens with zero attached hydrogens (tertiary/aromatic N) is 3. The molecule has 0 saturated carbocycles. The lowest BCUT2D eigenvalue weighted by Crippen LogP contribution is -2.21. The Morgan fingerprint density at radius 3 is 2.28 bits per heavy atom. The summed E-state index contributed by atoms with van der Waals surface area (Å²) in [6, 6.07) is 16.4. The Bertz CT molecular complexity index is 1750. The zero-order valence-corrected chi connectivity index (χ0v) is 20.9. The van der Waals surface area contributed by atoms with Gasteiger partial charge in [0.2, 0.25) is 0 Å². The highest BCUT2D eigenvalue weighted by Gasteiger charge is 2.21. The molecule has 1 amide bonds. The number of hydrogen-bond donors (Lipinski definition) is 1. The summed E-state index contributed by atoms with van der Waals surface area (Å²) in [5.74, 6) is -2.68. The van der Waals surface area contributed by atoms with Crippen molar-refractivity contribution in [1.29, 1.82) is 0 Å². The first-order valence-electron chi connectivity index (χ1n) is 11.4. The molecule has 0 unspecified atom stereocenters. The molecule has 6 nitrogen and oxygen atoms in total. The number of rotatable bonds is 5. The number of aryl methyl sites for hydroxylation is 1. The van der Waals surface area contributed by atoms with Gasteiger partial charge in [-0.05, 0) is 73.3 Å². The predicted molar refractivity (Wildman–Crippen MR) is 148 cm³/mol. The maximum Gasteiger partial charge on any atom is 0.256 e. The number of nitrogens with one attached hydrogen (secondary N) is 1. The van der Waals surface area contributed by atoms with Crippen LogP contribution in [-0.4, -0.2) is 26.7 Å². The minimum absolute atomic E-state index is 0. The first kappa shape index (κ1) is 27.6. The average molecular weight is 549 g/mol. The van der Waals surface area contributed by atoms with E-state index in [1.54, 1.807) is 24.5 Å². The fraction of sp³-hybridized carbons (Fsp3) is 0.103. The van der Waals surface area contributed by atoms with Gasteiger partial charge in [0.15, 0.2) is 10.8 Å². The van der Waals surface area contributed by atoms with E-state index >= 15 is 0 Å². The molecule has 3 aromatic carbocycles. The van der Waals surface area contributed by atoms with Gasteiger partial charge in [-0.15, -0.1) is 0 Å². The third-order valence-corrected chi connectivity index (χ3v) is 6.48. The van der Waals surface area contributed by atoms with E-state index in [0.717, 1.165) is 22.3 Å². The molecule has 1 N–H and O–H groups in total. The van der Waals surface area contributed by atoms with Gasteiger partial charge in [-0.25, -0.2) is 23.1 Å². The van der Waals surface area contributed by atoms with E-state index in [4.69, 9.17) is 0 Å². The molecule has 198 valence electrons. The highest BCUT2D eigenvalue weighted by molar-refractivity contribution is 7.98. The fourth-order valence-corrected chi connectivity index (χ4v) is 4.43. The van der Waals surface area contributed by atoms with Gasteiger partial charge in [-0.1, -0.05) is 31.3 Å². The molecule has 0 aliphatic carbocycles. The summed E-state index contributed by atoms with van der Waals surface area (Å²) < 4.78 is 43.6. The zero-order chi connectivity index (χ0) is 27.0. The number of benzene rings is 3. The maximum atomic E-state index is 14.7. The SMILES string of the molecule is C.CSc1nc(-c2cc(C(=O)Nc3ccc(F)cc3)ccc2C)c2ccc(=O)n(-c3c(F)cccc3F)c2n1. The van der Waals surface area contributed by atoms with Crippen LogP contribution in [-0.2, 0) is 0 Å². The first-order valence-corrected chi connectivity index (χ1v) is 12.6. The summed E-state index contributed by atoms with van der Waals surface area (Å²) in [5.41, 5.74) is 1.28. The molecule has 0 aliphatic heterocycles. The monoisotopic (exact) mass is 548 g/mol. The van der Waals surface area contributed by atoms with Crippen molar-refractivity contribution in [3.05, 3.63) is 112 Å². The molecule has 39 heavy (non-hydrogen) atoms. The number of carbonyl (C=O) groups is 1. The topological polar surface area (TPSA) is 76.9 Å². The third kappa shape index (κ3) is 5.28. The molecule has 10 heteroatoms. The molecular formula is C29H23F3N4O2S. The van der Waals surface area contributed by atoms with Gasteiger partial charge < -0.3 is 5.32 Å². The number of halogens is 3. The summed E-state index contributed by atoms with van der Waals surface area (Å²) in [6.07, 6.45) is 1.74.